The van der Waals surface area contributed by atoms with Crippen LogP contribution in [0, 0.1) is 5.41 Å². The van der Waals surface area contributed by atoms with Gasteiger partial charge in [0, 0.05) is 19.4 Å². The van der Waals surface area contributed by atoms with Gasteiger partial charge < -0.3 is 56.3 Å². The molecule has 0 aromatic heterocycles. The van der Waals surface area contributed by atoms with E-state index in [2.05, 4.69) is 0 Å². The SMILES string of the molecule is CN(CC(=O)O)C(=N)N.O.O=C([O-])CC(O)(C(=O)[O-])C(O)C(=O)O.[K+].[K+]. The van der Waals surface area contributed by atoms with E-state index in [-0.39, 0.29) is 121 Å². The molecule has 2 atom stereocenters. The molecular formula is C10H17K2N3O11. The molecule has 0 aromatic carbocycles. The number of carbonyl (C=O) groups is 4. The van der Waals surface area contributed by atoms with E-state index < -0.39 is 42.0 Å². The van der Waals surface area contributed by atoms with E-state index in [1.807, 2.05) is 0 Å². The van der Waals surface area contributed by atoms with Crippen LogP contribution < -0.4 is 119 Å². The Kier molecular flexibility index (Phi) is 24.8. The number of nitrogens with two attached hydrogens (primary N) is 1. The van der Waals surface area contributed by atoms with Gasteiger partial charge in [-0.2, -0.15) is 0 Å². The number of guanidine groups is 1. The van der Waals surface area contributed by atoms with Gasteiger partial charge in [0.1, 0.15) is 12.1 Å². The minimum Gasteiger partial charge on any atom is -0.550 e. The smallest absolute Gasteiger partial charge is 0.550 e. The number of rotatable bonds is 7. The molecule has 0 aromatic rings. The topological polar surface area (TPSA) is 280 Å². The summed E-state index contributed by atoms with van der Waals surface area (Å²) in [7, 11) is 1.44. The predicted molar refractivity (Wildman–Crippen MR) is 69.0 cm³/mol. The molecule has 0 spiro atoms. The van der Waals surface area contributed by atoms with Gasteiger partial charge in [0.15, 0.2) is 12.1 Å². The van der Waals surface area contributed by atoms with Crippen molar-refractivity contribution in [1.82, 2.24) is 4.90 Å². The summed E-state index contributed by atoms with van der Waals surface area (Å²) in [5, 5.41) is 60.9. The Morgan fingerprint density at radius 1 is 1.19 bits per heavy atom. The Labute approximate surface area is 232 Å². The summed E-state index contributed by atoms with van der Waals surface area (Å²) in [5.41, 5.74) is 1.53. The van der Waals surface area contributed by atoms with E-state index in [1.165, 1.54) is 7.05 Å². The second-order valence-corrected chi connectivity index (χ2v) is 4.14. The third-order valence-corrected chi connectivity index (χ3v) is 2.24. The van der Waals surface area contributed by atoms with Gasteiger partial charge in [-0.1, -0.05) is 0 Å². The van der Waals surface area contributed by atoms with Crippen LogP contribution in [-0.4, -0.2) is 85.9 Å². The summed E-state index contributed by atoms with van der Waals surface area (Å²) in [6, 6.07) is 0. The Balaban J connectivity index is -0.000000109. The number of aliphatic carboxylic acids is 4. The number of likely N-dealkylation sites (N-methyl/N-ethyl adjacent to an activating group) is 1. The van der Waals surface area contributed by atoms with Crippen LogP contribution in [0.3, 0.4) is 0 Å². The molecule has 14 nitrogen and oxygen atoms in total. The van der Waals surface area contributed by atoms with E-state index >= 15 is 0 Å². The van der Waals surface area contributed by atoms with E-state index in [9.17, 15) is 29.4 Å². The van der Waals surface area contributed by atoms with Gasteiger partial charge in [-0.05, 0) is 0 Å². The molecule has 0 rings (SSSR count). The third-order valence-electron chi connectivity index (χ3n) is 2.24. The summed E-state index contributed by atoms with van der Waals surface area (Å²) in [6.07, 6.45) is -4.38. The normalized spacial score (nSPS) is 12.0. The van der Waals surface area contributed by atoms with Gasteiger partial charge >= 0.3 is 115 Å². The Morgan fingerprint density at radius 3 is 1.73 bits per heavy atom. The van der Waals surface area contributed by atoms with Crippen molar-refractivity contribution >= 4 is 29.8 Å². The summed E-state index contributed by atoms with van der Waals surface area (Å²) >= 11 is 0. The number of nitrogens with zero attached hydrogens (tertiary/aromatic N) is 1. The first kappa shape index (κ1) is 37.1. The van der Waals surface area contributed by atoms with E-state index in [0.29, 0.717) is 0 Å². The minimum atomic E-state index is -3.40. The van der Waals surface area contributed by atoms with Crippen molar-refractivity contribution in [2.45, 2.75) is 18.1 Å². The maximum atomic E-state index is 10.2. The Morgan fingerprint density at radius 2 is 1.58 bits per heavy atom. The van der Waals surface area contributed by atoms with Gasteiger partial charge in [0.05, 0.1) is 5.97 Å². The van der Waals surface area contributed by atoms with Gasteiger partial charge in [-0.25, -0.2) is 4.79 Å². The van der Waals surface area contributed by atoms with Gasteiger partial charge in [0.2, 0.25) is 0 Å². The zero-order valence-corrected chi connectivity index (χ0v) is 20.5. The molecule has 0 radical (unpaired) electrons. The summed E-state index contributed by atoms with van der Waals surface area (Å²) in [5.74, 6) is -7.75. The number of hydrogen-bond donors (Lipinski definition) is 6. The van der Waals surface area contributed by atoms with E-state index in [1.54, 1.807) is 0 Å². The minimum absolute atomic E-state index is 0. The summed E-state index contributed by atoms with van der Waals surface area (Å²) in [4.78, 5) is 41.4. The predicted octanol–water partition coefficient (Wildman–Crippen LogP) is -12.9. The van der Waals surface area contributed by atoms with Gasteiger partial charge in [-0.3, -0.25) is 10.2 Å². The molecule has 140 valence electrons. The molecular weight excluding hydrogens is 416 g/mol. The van der Waals surface area contributed by atoms with Crippen molar-refractivity contribution in [3.05, 3.63) is 0 Å². The van der Waals surface area contributed by atoms with Gasteiger partial charge in [-0.15, -0.1) is 0 Å². The average Bonchev–Trinajstić information content (AvgIpc) is 2.36. The molecule has 0 heterocycles. The van der Waals surface area contributed by atoms with Crippen LogP contribution in [0.5, 0.6) is 0 Å². The van der Waals surface area contributed by atoms with Crippen LogP contribution >= 0.6 is 0 Å². The van der Waals surface area contributed by atoms with Crippen LogP contribution in [0.4, 0.5) is 0 Å². The zero-order valence-electron chi connectivity index (χ0n) is 14.3. The average molecular weight is 433 g/mol. The van der Waals surface area contributed by atoms with Crippen molar-refractivity contribution in [2.75, 3.05) is 13.6 Å². The van der Waals surface area contributed by atoms with Crippen LogP contribution in [0.15, 0.2) is 0 Å². The standard InChI is InChI=1S/C6H8O8.C4H9N3O2.2K.H2O/c7-2(8)1-6(14,5(12)13)3(9)4(10)11;1-7(4(5)6)2-3(8)9;;;/h3,9,14H,1H2,(H,7,8)(H,10,11)(H,12,13);2H2,1H3,(H3,5,6)(H,8,9);;;1H2/q;;2*+1;/p-2. The molecule has 2 unspecified atom stereocenters. The molecule has 0 fully saturated rings. The second kappa shape index (κ2) is 17.4. The number of nitrogens with one attached hydrogen (secondary N) is 1. The van der Waals surface area contributed by atoms with Gasteiger partial charge in [0.25, 0.3) is 0 Å². The molecule has 0 aliphatic heterocycles. The molecule has 0 amide bonds. The Bertz CT molecular complexity index is 505. The molecule has 0 aliphatic carbocycles. The van der Waals surface area contributed by atoms with Crippen molar-refractivity contribution in [3.8, 4) is 0 Å². The molecule has 0 bridgehead atoms. The molecule has 0 aliphatic rings. The number of aliphatic hydroxyl groups excluding tert-OH is 1. The molecule has 9 N–H and O–H groups in total. The van der Waals surface area contributed by atoms with Crippen molar-refractivity contribution < 1.29 is 158 Å². The summed E-state index contributed by atoms with van der Waals surface area (Å²) in [6.45, 7) is -0.227. The number of aliphatic hydroxyl groups is 2. The van der Waals surface area contributed by atoms with Crippen LogP contribution in [0.2, 0.25) is 0 Å². The monoisotopic (exact) mass is 433 g/mol. The fourth-order valence-corrected chi connectivity index (χ4v) is 0.993. The van der Waals surface area contributed by atoms with Crippen molar-refractivity contribution in [1.29, 1.82) is 5.41 Å². The quantitative estimate of drug-likeness (QED) is 0.124. The first-order valence-electron chi connectivity index (χ1n) is 5.57. The molecule has 0 saturated carbocycles. The number of carboxylic acid groups (broad SMARTS) is 4. The molecule has 16 heteroatoms. The van der Waals surface area contributed by atoms with Crippen molar-refractivity contribution in [2.24, 2.45) is 5.73 Å². The van der Waals surface area contributed by atoms with Crippen molar-refractivity contribution in [3.63, 3.8) is 0 Å². The second-order valence-electron chi connectivity index (χ2n) is 4.14. The fraction of sp³-hybridized carbons (Fsp3) is 0.500. The maximum Gasteiger partial charge on any atom is 1.00 e. The first-order valence-corrected chi connectivity index (χ1v) is 5.57. The summed E-state index contributed by atoms with van der Waals surface area (Å²) < 4.78 is 0. The number of carbonyl (C=O) groups excluding carboxylic acids is 2. The van der Waals surface area contributed by atoms with E-state index in [4.69, 9.17) is 31.6 Å². The third kappa shape index (κ3) is 15.4. The Hall–Kier alpha value is 0.303. The number of carboxylic acids is 4. The maximum absolute atomic E-state index is 10.2. The fourth-order valence-electron chi connectivity index (χ4n) is 0.993. The number of hydrogen-bond acceptors (Lipinski definition) is 9. The van der Waals surface area contributed by atoms with Crippen LogP contribution in [0.25, 0.3) is 0 Å². The molecule has 26 heavy (non-hydrogen) atoms. The van der Waals surface area contributed by atoms with Crippen LogP contribution in [0.1, 0.15) is 6.42 Å². The molecule has 0 saturated heterocycles. The largest absolute Gasteiger partial charge is 1.00 e. The van der Waals surface area contributed by atoms with Crippen LogP contribution in [-0.2, 0) is 19.2 Å². The first-order chi connectivity index (χ1) is 10.3. The zero-order chi connectivity index (χ0) is 19.0. The van der Waals surface area contributed by atoms with E-state index in [0.717, 1.165) is 4.90 Å².